The molecule has 0 unspecified atom stereocenters. The monoisotopic (exact) mass is 227 g/mol. The van der Waals surface area contributed by atoms with Gasteiger partial charge in [0.2, 0.25) is 0 Å². The summed E-state index contributed by atoms with van der Waals surface area (Å²) >= 11 is 0. The standard InChI is InChI=1S/C6H8N2.C2H4O2.Co/c1-2-4-8-5-3-7-6-8;1-2(3)4;/h2-3,5-6H,1,4H2;1H3,(H,3,4);/q;;+2. The normalized spacial score (nSPS) is 7.46. The molecule has 0 spiro atoms. The van der Waals surface area contributed by atoms with Crippen molar-refractivity contribution in [1.29, 1.82) is 0 Å². The molecule has 1 aromatic rings. The number of rotatable bonds is 2. The molecule has 0 saturated carbocycles. The van der Waals surface area contributed by atoms with Crippen LogP contribution in [0.4, 0.5) is 0 Å². The molecule has 1 radical (unpaired) electrons. The maximum absolute atomic E-state index is 9.00. The third kappa shape index (κ3) is 10.9. The number of carboxylic acid groups (broad SMARTS) is 1. The zero-order valence-corrected chi connectivity index (χ0v) is 8.35. The Morgan fingerprint density at radius 2 is 2.31 bits per heavy atom. The van der Waals surface area contributed by atoms with E-state index in [2.05, 4.69) is 11.6 Å². The molecule has 0 aliphatic rings. The van der Waals surface area contributed by atoms with Crippen LogP contribution in [-0.4, -0.2) is 20.6 Å². The fraction of sp³-hybridized carbons (Fsp3) is 0.250. The number of aliphatic carboxylic acids is 1. The van der Waals surface area contributed by atoms with Gasteiger partial charge >= 0.3 is 16.8 Å². The maximum Gasteiger partial charge on any atom is 2.00 e. The first kappa shape index (κ1) is 14.5. The second kappa shape index (κ2) is 9.02. The molecule has 0 atom stereocenters. The molecule has 0 saturated heterocycles. The Morgan fingerprint density at radius 3 is 2.62 bits per heavy atom. The molecule has 1 aromatic heterocycles. The number of nitrogens with zero attached hydrogens (tertiary/aromatic N) is 2. The summed E-state index contributed by atoms with van der Waals surface area (Å²) in [6, 6.07) is 0. The van der Waals surface area contributed by atoms with E-state index in [4.69, 9.17) is 9.90 Å². The minimum atomic E-state index is -0.833. The number of carbonyl (C=O) groups is 1. The quantitative estimate of drug-likeness (QED) is 0.771. The first-order valence-electron chi connectivity index (χ1n) is 3.43. The number of hydrogen-bond donors (Lipinski definition) is 1. The fourth-order valence-electron chi connectivity index (χ4n) is 0.544. The third-order valence-electron chi connectivity index (χ3n) is 0.899. The summed E-state index contributed by atoms with van der Waals surface area (Å²) < 4.78 is 1.95. The molecule has 4 nitrogen and oxygen atoms in total. The van der Waals surface area contributed by atoms with Crippen LogP contribution in [0.2, 0.25) is 0 Å². The molecule has 1 rings (SSSR count). The van der Waals surface area contributed by atoms with Gasteiger partial charge in [0.1, 0.15) is 0 Å². The fourth-order valence-corrected chi connectivity index (χ4v) is 0.544. The molecule has 0 aromatic carbocycles. The zero-order valence-electron chi connectivity index (χ0n) is 7.31. The van der Waals surface area contributed by atoms with Gasteiger partial charge in [-0.3, -0.25) is 4.79 Å². The molecule has 73 valence electrons. The Hall–Kier alpha value is -1.07. The number of hydrogen-bond acceptors (Lipinski definition) is 2. The predicted molar refractivity (Wildman–Crippen MR) is 45.7 cm³/mol. The van der Waals surface area contributed by atoms with Crippen LogP contribution in [0, 0.1) is 0 Å². The van der Waals surface area contributed by atoms with E-state index in [0.29, 0.717) is 0 Å². The summed E-state index contributed by atoms with van der Waals surface area (Å²) in [7, 11) is 0. The van der Waals surface area contributed by atoms with Gasteiger partial charge < -0.3 is 9.67 Å². The van der Waals surface area contributed by atoms with E-state index in [0.717, 1.165) is 13.5 Å². The van der Waals surface area contributed by atoms with E-state index >= 15 is 0 Å². The molecule has 0 aliphatic heterocycles. The number of carboxylic acids is 1. The third-order valence-corrected chi connectivity index (χ3v) is 0.899. The minimum absolute atomic E-state index is 0. The van der Waals surface area contributed by atoms with Gasteiger partial charge in [-0.1, -0.05) is 6.08 Å². The SMILES string of the molecule is C=CCn1ccnc1.CC(=O)O.[Co+2]. The van der Waals surface area contributed by atoms with Crippen molar-refractivity contribution < 1.29 is 26.7 Å². The molecule has 1 heterocycles. The molecule has 0 bridgehead atoms. The van der Waals surface area contributed by atoms with Gasteiger partial charge in [-0.05, 0) is 0 Å². The second-order valence-electron chi connectivity index (χ2n) is 2.07. The van der Waals surface area contributed by atoms with Gasteiger partial charge in [0.25, 0.3) is 5.97 Å². The Labute approximate surface area is 87.5 Å². The molecular formula is C8H12CoN2O2+2. The van der Waals surface area contributed by atoms with Gasteiger partial charge in [-0.25, -0.2) is 4.98 Å². The van der Waals surface area contributed by atoms with Crippen LogP contribution in [0.3, 0.4) is 0 Å². The van der Waals surface area contributed by atoms with Crippen molar-refractivity contribution in [3.63, 3.8) is 0 Å². The largest absolute Gasteiger partial charge is 2.00 e. The number of imidazole rings is 1. The van der Waals surface area contributed by atoms with Crippen LogP contribution >= 0.6 is 0 Å². The summed E-state index contributed by atoms with van der Waals surface area (Å²) in [5.74, 6) is -0.833. The zero-order chi connectivity index (χ0) is 9.40. The van der Waals surface area contributed by atoms with E-state index in [1.165, 1.54) is 0 Å². The summed E-state index contributed by atoms with van der Waals surface area (Å²) in [6.07, 6.45) is 7.26. The van der Waals surface area contributed by atoms with Crippen molar-refractivity contribution in [2.75, 3.05) is 0 Å². The topological polar surface area (TPSA) is 55.1 Å². The van der Waals surface area contributed by atoms with Crippen molar-refractivity contribution >= 4 is 5.97 Å². The van der Waals surface area contributed by atoms with Gasteiger partial charge in [0, 0.05) is 25.9 Å². The van der Waals surface area contributed by atoms with E-state index in [9.17, 15) is 0 Å². The summed E-state index contributed by atoms with van der Waals surface area (Å²) in [5.41, 5.74) is 0. The van der Waals surface area contributed by atoms with Crippen molar-refractivity contribution in [1.82, 2.24) is 9.55 Å². The summed E-state index contributed by atoms with van der Waals surface area (Å²) in [4.78, 5) is 12.9. The van der Waals surface area contributed by atoms with Crippen molar-refractivity contribution in [2.45, 2.75) is 13.5 Å². The molecule has 13 heavy (non-hydrogen) atoms. The van der Waals surface area contributed by atoms with E-state index in [1.54, 1.807) is 12.5 Å². The predicted octanol–water partition coefficient (Wildman–Crippen LogP) is 1.16. The van der Waals surface area contributed by atoms with E-state index in [1.807, 2.05) is 16.8 Å². The molecular weight excluding hydrogens is 215 g/mol. The Balaban J connectivity index is 0. The van der Waals surface area contributed by atoms with Crippen LogP contribution in [0.15, 0.2) is 31.4 Å². The molecule has 0 aliphatic carbocycles. The van der Waals surface area contributed by atoms with E-state index in [-0.39, 0.29) is 16.8 Å². The van der Waals surface area contributed by atoms with Crippen molar-refractivity contribution in [3.05, 3.63) is 31.4 Å². The molecule has 0 fully saturated rings. The Morgan fingerprint density at radius 1 is 1.77 bits per heavy atom. The van der Waals surface area contributed by atoms with Crippen LogP contribution in [0.5, 0.6) is 0 Å². The van der Waals surface area contributed by atoms with Gasteiger partial charge in [0.05, 0.1) is 6.33 Å². The van der Waals surface area contributed by atoms with Gasteiger partial charge in [-0.2, -0.15) is 0 Å². The summed E-state index contributed by atoms with van der Waals surface area (Å²) in [5, 5.41) is 7.42. The maximum atomic E-state index is 9.00. The average Bonchev–Trinajstić information content (AvgIpc) is 2.39. The average molecular weight is 227 g/mol. The van der Waals surface area contributed by atoms with Crippen LogP contribution in [-0.2, 0) is 28.1 Å². The summed E-state index contributed by atoms with van der Waals surface area (Å²) in [6.45, 7) is 5.52. The smallest absolute Gasteiger partial charge is 0.481 e. The molecule has 5 heteroatoms. The minimum Gasteiger partial charge on any atom is -0.481 e. The molecule has 1 N–H and O–H groups in total. The molecule has 0 amide bonds. The van der Waals surface area contributed by atoms with Gasteiger partial charge in [-0.15, -0.1) is 6.58 Å². The van der Waals surface area contributed by atoms with Gasteiger partial charge in [0.15, 0.2) is 0 Å². The van der Waals surface area contributed by atoms with Crippen LogP contribution in [0.25, 0.3) is 0 Å². The second-order valence-corrected chi connectivity index (χ2v) is 2.07. The Bertz CT molecular complexity index is 230. The van der Waals surface area contributed by atoms with E-state index < -0.39 is 5.97 Å². The number of allylic oxidation sites excluding steroid dienone is 1. The number of aromatic nitrogens is 2. The van der Waals surface area contributed by atoms with Crippen molar-refractivity contribution in [3.8, 4) is 0 Å². The first-order valence-corrected chi connectivity index (χ1v) is 3.43. The van der Waals surface area contributed by atoms with Crippen LogP contribution < -0.4 is 0 Å². The van der Waals surface area contributed by atoms with Crippen LogP contribution in [0.1, 0.15) is 6.92 Å². The van der Waals surface area contributed by atoms with Crippen molar-refractivity contribution in [2.24, 2.45) is 0 Å². The first-order chi connectivity index (χ1) is 5.66. The Kier molecular flexibility index (Phi) is 10.0.